The van der Waals surface area contributed by atoms with Crippen molar-refractivity contribution in [2.24, 2.45) is 0 Å². The van der Waals surface area contributed by atoms with E-state index in [1.54, 1.807) is 0 Å². The highest BCUT2D eigenvalue weighted by atomic mass is 16.6. The lowest BCUT2D eigenvalue weighted by Gasteiger charge is -2.18. The van der Waals surface area contributed by atoms with Crippen LogP contribution in [-0.2, 0) is 19.1 Å². The first kappa shape index (κ1) is 23.9. The van der Waals surface area contributed by atoms with Crippen LogP contribution in [0.15, 0.2) is 0 Å². The van der Waals surface area contributed by atoms with Gasteiger partial charge in [0.15, 0.2) is 6.10 Å². The zero-order valence-corrected chi connectivity index (χ0v) is 17.6. The molecule has 0 saturated carbocycles. The monoisotopic (exact) mass is 383 g/mol. The number of hydrogen-bond acceptors (Lipinski definition) is 4. The Morgan fingerprint density at radius 1 is 0.926 bits per heavy atom. The number of carbonyl (C=O) groups excluding carboxylic acids is 2. The van der Waals surface area contributed by atoms with Crippen molar-refractivity contribution in [3.05, 3.63) is 0 Å². The van der Waals surface area contributed by atoms with Gasteiger partial charge in [-0.3, -0.25) is 9.59 Å². The Hall–Kier alpha value is -1.10. The maximum atomic E-state index is 12.2. The van der Waals surface area contributed by atoms with Gasteiger partial charge in [-0.05, 0) is 32.1 Å². The molecule has 1 fully saturated rings. The van der Waals surface area contributed by atoms with Gasteiger partial charge < -0.3 is 14.8 Å². The molecule has 1 aliphatic rings. The molecular weight excluding hydrogens is 342 g/mol. The molecule has 0 aromatic rings. The van der Waals surface area contributed by atoms with E-state index in [1.165, 1.54) is 51.4 Å². The number of esters is 1. The zero-order valence-electron chi connectivity index (χ0n) is 17.6. The van der Waals surface area contributed by atoms with Crippen LogP contribution in [0.3, 0.4) is 0 Å². The first-order valence-electron chi connectivity index (χ1n) is 11.3. The van der Waals surface area contributed by atoms with Gasteiger partial charge in [-0.1, -0.05) is 65.2 Å². The standard InChI is InChI=1S/C22H41NO4/c1-3-5-7-9-11-14-19(15-12-10-8-6-4-2)27-21(24)16-13-17-23-22(25)20-18-26-20/h19-20H,3-18H2,1-2H3,(H,23,25). The SMILES string of the molecule is CCCCCCCC(CCCCCCC)OC(=O)CCCNC(=O)C1CO1. The topological polar surface area (TPSA) is 67.9 Å². The molecular formula is C22H41NO4. The van der Waals surface area contributed by atoms with Crippen molar-refractivity contribution in [1.29, 1.82) is 0 Å². The third kappa shape index (κ3) is 13.7. The molecule has 1 N–H and O–H groups in total. The lowest BCUT2D eigenvalue weighted by Crippen LogP contribution is -2.29. The van der Waals surface area contributed by atoms with Gasteiger partial charge in [-0.15, -0.1) is 0 Å². The van der Waals surface area contributed by atoms with Crippen LogP contribution in [0.1, 0.15) is 104 Å². The molecule has 0 aromatic carbocycles. The number of nitrogens with one attached hydrogen (secondary N) is 1. The van der Waals surface area contributed by atoms with E-state index in [1.807, 2.05) is 0 Å². The van der Waals surface area contributed by atoms with Gasteiger partial charge >= 0.3 is 5.97 Å². The van der Waals surface area contributed by atoms with Crippen LogP contribution < -0.4 is 5.32 Å². The molecule has 1 atom stereocenters. The molecule has 27 heavy (non-hydrogen) atoms. The Labute approximate surface area is 165 Å². The van der Waals surface area contributed by atoms with E-state index in [-0.39, 0.29) is 24.1 Å². The van der Waals surface area contributed by atoms with Crippen LogP contribution in [0.5, 0.6) is 0 Å². The fraction of sp³-hybridized carbons (Fsp3) is 0.909. The van der Waals surface area contributed by atoms with E-state index < -0.39 is 0 Å². The van der Waals surface area contributed by atoms with Crippen molar-refractivity contribution in [2.75, 3.05) is 13.2 Å². The molecule has 0 spiro atoms. The van der Waals surface area contributed by atoms with E-state index in [4.69, 9.17) is 9.47 Å². The normalized spacial score (nSPS) is 15.7. The van der Waals surface area contributed by atoms with Crippen LogP contribution in [0.4, 0.5) is 0 Å². The highest BCUT2D eigenvalue weighted by Crippen LogP contribution is 2.17. The number of hydrogen-bond donors (Lipinski definition) is 1. The first-order chi connectivity index (χ1) is 13.2. The molecule has 5 heteroatoms. The average Bonchev–Trinajstić information content (AvgIpc) is 3.49. The number of unbranched alkanes of at least 4 members (excludes halogenated alkanes) is 8. The Balaban J connectivity index is 2.18. The zero-order chi connectivity index (χ0) is 19.7. The van der Waals surface area contributed by atoms with E-state index >= 15 is 0 Å². The van der Waals surface area contributed by atoms with Crippen molar-refractivity contribution in [2.45, 2.75) is 116 Å². The summed E-state index contributed by atoms with van der Waals surface area (Å²) in [6.07, 6.45) is 15.1. The van der Waals surface area contributed by atoms with Crippen LogP contribution >= 0.6 is 0 Å². The van der Waals surface area contributed by atoms with Crippen molar-refractivity contribution in [3.8, 4) is 0 Å². The second-order valence-corrected chi connectivity index (χ2v) is 7.73. The molecule has 0 aliphatic carbocycles. The van der Waals surface area contributed by atoms with Crippen molar-refractivity contribution in [3.63, 3.8) is 0 Å². The summed E-state index contributed by atoms with van der Waals surface area (Å²) < 4.78 is 10.7. The molecule has 1 aliphatic heterocycles. The van der Waals surface area contributed by atoms with E-state index in [0.717, 1.165) is 25.7 Å². The van der Waals surface area contributed by atoms with Gasteiger partial charge in [-0.25, -0.2) is 0 Å². The molecule has 1 heterocycles. The summed E-state index contributed by atoms with van der Waals surface area (Å²) in [4.78, 5) is 23.6. The maximum absolute atomic E-state index is 12.2. The predicted octanol–water partition coefficient (Wildman–Crippen LogP) is 4.91. The fourth-order valence-corrected chi connectivity index (χ4v) is 3.22. The lowest BCUT2D eigenvalue weighted by atomic mass is 10.0. The van der Waals surface area contributed by atoms with Gasteiger partial charge in [0.25, 0.3) is 5.91 Å². The Bertz CT molecular complexity index is 382. The maximum Gasteiger partial charge on any atom is 0.306 e. The minimum atomic E-state index is -0.262. The van der Waals surface area contributed by atoms with Crippen molar-refractivity contribution in [1.82, 2.24) is 5.32 Å². The number of rotatable bonds is 18. The number of carbonyl (C=O) groups is 2. The molecule has 1 unspecified atom stereocenters. The summed E-state index contributed by atoms with van der Waals surface area (Å²) >= 11 is 0. The fourth-order valence-electron chi connectivity index (χ4n) is 3.22. The second kappa shape index (κ2) is 15.9. The van der Waals surface area contributed by atoms with Gasteiger partial charge in [0.1, 0.15) is 6.10 Å². The summed E-state index contributed by atoms with van der Waals surface area (Å²) in [7, 11) is 0. The summed E-state index contributed by atoms with van der Waals surface area (Å²) in [5.41, 5.74) is 0. The van der Waals surface area contributed by atoms with Gasteiger partial charge in [-0.2, -0.15) is 0 Å². The van der Waals surface area contributed by atoms with Crippen LogP contribution in [0, 0.1) is 0 Å². The van der Waals surface area contributed by atoms with Gasteiger partial charge in [0.05, 0.1) is 6.61 Å². The summed E-state index contributed by atoms with van der Waals surface area (Å²) in [5.74, 6) is -0.195. The molecule has 1 saturated heterocycles. The molecule has 0 radical (unpaired) electrons. The van der Waals surface area contributed by atoms with E-state index in [2.05, 4.69) is 19.2 Å². The van der Waals surface area contributed by atoms with E-state index in [0.29, 0.717) is 26.0 Å². The molecule has 1 amide bonds. The highest BCUT2D eigenvalue weighted by molar-refractivity contribution is 5.82. The number of ether oxygens (including phenoxy) is 2. The van der Waals surface area contributed by atoms with Gasteiger partial charge in [0, 0.05) is 13.0 Å². The Kier molecular flexibility index (Phi) is 14.1. The smallest absolute Gasteiger partial charge is 0.306 e. The van der Waals surface area contributed by atoms with Gasteiger partial charge in [0.2, 0.25) is 0 Å². The molecule has 158 valence electrons. The average molecular weight is 384 g/mol. The minimum Gasteiger partial charge on any atom is -0.462 e. The van der Waals surface area contributed by atoms with Crippen molar-refractivity contribution >= 4 is 11.9 Å². The van der Waals surface area contributed by atoms with Crippen LogP contribution in [0.2, 0.25) is 0 Å². The third-order valence-corrected chi connectivity index (χ3v) is 5.04. The number of epoxide rings is 1. The van der Waals surface area contributed by atoms with Crippen LogP contribution in [-0.4, -0.2) is 37.2 Å². The Morgan fingerprint density at radius 3 is 2.00 bits per heavy atom. The third-order valence-electron chi connectivity index (χ3n) is 5.04. The largest absolute Gasteiger partial charge is 0.462 e. The summed E-state index contributed by atoms with van der Waals surface area (Å²) in [5, 5.41) is 2.79. The quantitative estimate of drug-likeness (QED) is 0.207. The minimum absolute atomic E-state index is 0.0650. The molecule has 1 rings (SSSR count). The second-order valence-electron chi connectivity index (χ2n) is 7.73. The number of amides is 1. The Morgan fingerprint density at radius 2 is 1.48 bits per heavy atom. The summed E-state index contributed by atoms with van der Waals surface area (Å²) in [6, 6.07) is 0. The lowest BCUT2D eigenvalue weighted by molar-refractivity contribution is -0.150. The predicted molar refractivity (Wildman–Crippen MR) is 109 cm³/mol. The van der Waals surface area contributed by atoms with E-state index in [9.17, 15) is 9.59 Å². The first-order valence-corrected chi connectivity index (χ1v) is 11.3. The molecule has 0 aromatic heterocycles. The summed E-state index contributed by atoms with van der Waals surface area (Å²) in [6.45, 7) is 5.47. The highest BCUT2D eigenvalue weighted by Gasteiger charge is 2.30. The van der Waals surface area contributed by atoms with Crippen molar-refractivity contribution < 1.29 is 19.1 Å². The molecule has 0 bridgehead atoms. The van der Waals surface area contributed by atoms with Crippen LogP contribution in [0.25, 0.3) is 0 Å². The molecule has 5 nitrogen and oxygen atoms in total.